The zero-order valence-electron chi connectivity index (χ0n) is 17.6. The molecule has 0 saturated carbocycles. The van der Waals surface area contributed by atoms with Crippen LogP contribution in [0.2, 0.25) is 0 Å². The summed E-state index contributed by atoms with van der Waals surface area (Å²) < 4.78 is 6.01. The van der Waals surface area contributed by atoms with Gasteiger partial charge in [-0.1, -0.05) is 78.9 Å². The van der Waals surface area contributed by atoms with E-state index >= 15 is 0 Å². The van der Waals surface area contributed by atoms with E-state index in [0.29, 0.717) is 11.4 Å². The summed E-state index contributed by atoms with van der Waals surface area (Å²) in [6.07, 6.45) is 0. The van der Waals surface area contributed by atoms with Crippen molar-refractivity contribution in [2.75, 3.05) is 0 Å². The van der Waals surface area contributed by atoms with Crippen molar-refractivity contribution in [1.82, 2.24) is 15.0 Å². The van der Waals surface area contributed by atoms with Crippen LogP contribution >= 0.6 is 0 Å². The molecule has 156 valence electrons. The molecule has 0 amide bonds. The van der Waals surface area contributed by atoms with E-state index in [9.17, 15) is 4.79 Å². The lowest BCUT2D eigenvalue weighted by Gasteiger charge is -2.18. The monoisotopic (exact) mass is 419 g/mol. The number of ether oxygens (including phenoxy) is 1. The second-order valence-electron chi connectivity index (χ2n) is 7.62. The number of hydrogen-bond donors (Lipinski definition) is 0. The minimum absolute atomic E-state index is 0.356. The van der Waals surface area contributed by atoms with E-state index in [1.54, 1.807) is 0 Å². The number of fused-ring (bicyclic) bond motifs is 1. The van der Waals surface area contributed by atoms with E-state index < -0.39 is 5.92 Å². The highest BCUT2D eigenvalue weighted by molar-refractivity contribution is 5.85. The molecule has 32 heavy (non-hydrogen) atoms. The molecule has 0 unspecified atom stereocenters. The molecule has 5 aromatic rings. The molecule has 4 aromatic carbocycles. The van der Waals surface area contributed by atoms with Crippen molar-refractivity contribution in [3.8, 4) is 11.4 Å². The molecule has 0 radical (unpaired) electrons. The van der Waals surface area contributed by atoms with Crippen LogP contribution in [0.25, 0.3) is 16.7 Å². The van der Waals surface area contributed by atoms with Gasteiger partial charge in [-0.15, -0.1) is 15.0 Å². The second-order valence-corrected chi connectivity index (χ2v) is 7.62. The number of aryl methyl sites for hydroxylation is 1. The fourth-order valence-corrected chi connectivity index (χ4v) is 3.76. The van der Waals surface area contributed by atoms with Gasteiger partial charge in [-0.25, -0.2) is 0 Å². The van der Waals surface area contributed by atoms with E-state index in [0.717, 1.165) is 27.7 Å². The number of hydrogen-bond acceptors (Lipinski definition) is 4. The summed E-state index contributed by atoms with van der Waals surface area (Å²) in [4.78, 5) is 15.0. The molecule has 1 heterocycles. The van der Waals surface area contributed by atoms with Crippen LogP contribution in [0.1, 0.15) is 22.6 Å². The van der Waals surface area contributed by atoms with Gasteiger partial charge in [-0.05, 0) is 47.9 Å². The highest BCUT2D eigenvalue weighted by Gasteiger charge is 2.26. The van der Waals surface area contributed by atoms with Crippen LogP contribution in [-0.4, -0.2) is 21.0 Å². The van der Waals surface area contributed by atoms with Crippen molar-refractivity contribution in [3.63, 3.8) is 0 Å². The quantitative estimate of drug-likeness (QED) is 0.280. The molecule has 1 aromatic heterocycles. The number of carbonyl (C=O) groups is 1. The summed E-state index contributed by atoms with van der Waals surface area (Å²) in [5.74, 6) is -0.478. The van der Waals surface area contributed by atoms with Gasteiger partial charge >= 0.3 is 5.97 Å². The molecule has 0 aliphatic rings. The first kappa shape index (κ1) is 19.7. The van der Waals surface area contributed by atoms with Crippen LogP contribution in [0.5, 0.6) is 5.75 Å². The van der Waals surface area contributed by atoms with Gasteiger partial charge in [0.25, 0.3) is 0 Å². The summed E-state index contributed by atoms with van der Waals surface area (Å²) in [5.41, 5.74) is 4.89. The molecular formula is C27H21N3O2. The Balaban J connectivity index is 1.55. The summed E-state index contributed by atoms with van der Waals surface area (Å²) in [6, 6.07) is 32.6. The second kappa shape index (κ2) is 8.47. The molecule has 5 heteroatoms. The fourth-order valence-electron chi connectivity index (χ4n) is 3.76. The van der Waals surface area contributed by atoms with Gasteiger partial charge in [0, 0.05) is 0 Å². The average Bonchev–Trinajstić information content (AvgIpc) is 3.25. The number of rotatable bonds is 5. The van der Waals surface area contributed by atoms with Crippen molar-refractivity contribution < 1.29 is 9.53 Å². The molecule has 0 fully saturated rings. The summed E-state index contributed by atoms with van der Waals surface area (Å²) in [5, 5.41) is 9.11. The lowest BCUT2D eigenvalue weighted by atomic mass is 9.91. The normalized spacial score (nSPS) is 11.1. The van der Waals surface area contributed by atoms with E-state index in [-0.39, 0.29) is 5.97 Å². The Morgan fingerprint density at radius 3 is 1.84 bits per heavy atom. The molecule has 0 spiro atoms. The Bertz CT molecular complexity index is 1310. The summed E-state index contributed by atoms with van der Waals surface area (Å²) in [6.45, 7) is 1.96. The standard InChI is InChI=1S/C27H21N3O2/c1-19-16-17-24(30-28-22-14-8-9-15-23(22)29-30)25(18-19)32-27(31)26(20-10-4-2-5-11-20)21-12-6-3-7-13-21/h2-18,26H,1H3. The number of benzene rings is 4. The van der Waals surface area contributed by atoms with Gasteiger partial charge < -0.3 is 4.74 Å². The summed E-state index contributed by atoms with van der Waals surface area (Å²) >= 11 is 0. The average molecular weight is 419 g/mol. The van der Waals surface area contributed by atoms with E-state index in [4.69, 9.17) is 4.74 Å². The van der Waals surface area contributed by atoms with Crippen molar-refractivity contribution in [3.05, 3.63) is 120 Å². The third-order valence-corrected chi connectivity index (χ3v) is 5.33. The Morgan fingerprint density at radius 2 is 1.28 bits per heavy atom. The Kier molecular flexibility index (Phi) is 5.22. The zero-order valence-corrected chi connectivity index (χ0v) is 17.6. The largest absolute Gasteiger partial charge is 0.423 e. The number of esters is 1. The minimum Gasteiger partial charge on any atom is -0.423 e. The van der Waals surface area contributed by atoms with Gasteiger partial charge in [-0.2, -0.15) is 0 Å². The molecule has 0 bridgehead atoms. The Hall–Kier alpha value is -4.25. The van der Waals surface area contributed by atoms with Gasteiger partial charge in [0.05, 0.1) is 0 Å². The molecule has 0 aliphatic carbocycles. The topological polar surface area (TPSA) is 57.0 Å². The smallest absolute Gasteiger partial charge is 0.323 e. The van der Waals surface area contributed by atoms with Crippen LogP contribution in [0.4, 0.5) is 0 Å². The van der Waals surface area contributed by atoms with E-state index in [2.05, 4.69) is 10.2 Å². The van der Waals surface area contributed by atoms with E-state index in [1.165, 1.54) is 4.80 Å². The van der Waals surface area contributed by atoms with Gasteiger partial charge in [0.2, 0.25) is 0 Å². The van der Waals surface area contributed by atoms with Crippen LogP contribution in [0.3, 0.4) is 0 Å². The number of aromatic nitrogens is 3. The highest BCUT2D eigenvalue weighted by Crippen LogP contribution is 2.30. The molecule has 5 rings (SSSR count). The van der Waals surface area contributed by atoms with Crippen LogP contribution in [0.15, 0.2) is 103 Å². The predicted octanol–water partition coefficient (Wildman–Crippen LogP) is 5.47. The first-order valence-electron chi connectivity index (χ1n) is 10.4. The lowest BCUT2D eigenvalue weighted by Crippen LogP contribution is -2.21. The highest BCUT2D eigenvalue weighted by atomic mass is 16.5. The van der Waals surface area contributed by atoms with E-state index in [1.807, 2.05) is 110 Å². The van der Waals surface area contributed by atoms with Crippen molar-refractivity contribution in [2.24, 2.45) is 0 Å². The molecule has 5 nitrogen and oxygen atoms in total. The molecular weight excluding hydrogens is 398 g/mol. The molecule has 0 saturated heterocycles. The maximum Gasteiger partial charge on any atom is 0.323 e. The van der Waals surface area contributed by atoms with Gasteiger partial charge in [-0.3, -0.25) is 4.79 Å². The maximum absolute atomic E-state index is 13.5. The van der Waals surface area contributed by atoms with Gasteiger partial charge in [0.15, 0.2) is 5.75 Å². The third-order valence-electron chi connectivity index (χ3n) is 5.33. The minimum atomic E-state index is -0.546. The van der Waals surface area contributed by atoms with Crippen LogP contribution in [-0.2, 0) is 4.79 Å². The molecule has 0 N–H and O–H groups in total. The SMILES string of the molecule is Cc1ccc(-n2nc3ccccc3n2)c(OC(=O)C(c2ccccc2)c2ccccc2)c1. The van der Waals surface area contributed by atoms with Crippen molar-refractivity contribution in [1.29, 1.82) is 0 Å². The van der Waals surface area contributed by atoms with Crippen molar-refractivity contribution in [2.45, 2.75) is 12.8 Å². The predicted molar refractivity (Wildman–Crippen MR) is 124 cm³/mol. The zero-order chi connectivity index (χ0) is 21.9. The first-order valence-corrected chi connectivity index (χ1v) is 10.4. The van der Waals surface area contributed by atoms with Crippen molar-refractivity contribution >= 4 is 17.0 Å². The van der Waals surface area contributed by atoms with Gasteiger partial charge in [0.1, 0.15) is 22.6 Å². The maximum atomic E-state index is 13.5. The third kappa shape index (κ3) is 3.88. The van der Waals surface area contributed by atoms with Crippen LogP contribution < -0.4 is 4.74 Å². The summed E-state index contributed by atoms with van der Waals surface area (Å²) in [7, 11) is 0. The number of nitrogens with zero attached hydrogens (tertiary/aromatic N) is 3. The fraction of sp³-hybridized carbons (Fsp3) is 0.0741. The first-order chi connectivity index (χ1) is 15.7. The Morgan fingerprint density at radius 1 is 0.750 bits per heavy atom. The van der Waals surface area contributed by atoms with Crippen LogP contribution in [0, 0.1) is 6.92 Å². The number of carbonyl (C=O) groups excluding carboxylic acids is 1. The molecule has 0 atom stereocenters. The lowest BCUT2D eigenvalue weighted by molar-refractivity contribution is -0.135. The molecule has 0 aliphatic heterocycles. The Labute approximate surface area is 185 Å².